The fraction of sp³-hybridized carbons (Fsp3) is 0.600. The lowest BCUT2D eigenvalue weighted by Gasteiger charge is -2.18. The van der Waals surface area contributed by atoms with Crippen LogP contribution >= 0.6 is 0 Å². The van der Waals surface area contributed by atoms with Crippen LogP contribution in [0.3, 0.4) is 0 Å². The molecule has 1 saturated heterocycles. The van der Waals surface area contributed by atoms with Crippen LogP contribution in [0.1, 0.15) is 6.42 Å². The van der Waals surface area contributed by atoms with Crippen LogP contribution in [0, 0.1) is 11.8 Å². The molecule has 0 spiro atoms. The van der Waals surface area contributed by atoms with Gasteiger partial charge in [0.05, 0.1) is 12.0 Å². The van der Waals surface area contributed by atoms with Crippen LogP contribution in [0.25, 0.3) is 0 Å². The number of carbonyl (C=O) groups is 2. The van der Waals surface area contributed by atoms with E-state index in [1.807, 2.05) is 0 Å². The highest BCUT2D eigenvalue weighted by atomic mass is 16.6. The molecule has 1 N–H and O–H groups in total. The van der Waals surface area contributed by atoms with Gasteiger partial charge in [0, 0.05) is 6.54 Å². The number of hydrogen-bond acceptors (Lipinski definition) is 3. The van der Waals surface area contributed by atoms with Crippen LogP contribution in [0.4, 0.5) is 4.79 Å². The van der Waals surface area contributed by atoms with E-state index in [4.69, 9.17) is 9.84 Å². The standard InChI is InChI=1S/C10H13NO4/c1-2-5-15-10(14)11-4-3-6-7(8(6)11)9(12)13/h2,6-8H,1,3-5H2,(H,12,13)/t6-,7-,8-/m1/s1. The molecule has 0 unspecified atom stereocenters. The SMILES string of the molecule is C=CCOC(=O)N1CC[C@@H]2[C@@H](C(=O)O)[C@@H]21. The van der Waals surface area contributed by atoms with E-state index >= 15 is 0 Å². The van der Waals surface area contributed by atoms with Crippen molar-refractivity contribution >= 4 is 12.1 Å². The molecule has 0 radical (unpaired) electrons. The van der Waals surface area contributed by atoms with E-state index in [2.05, 4.69) is 6.58 Å². The fourth-order valence-corrected chi connectivity index (χ4v) is 2.32. The van der Waals surface area contributed by atoms with Gasteiger partial charge in [0.1, 0.15) is 6.61 Å². The van der Waals surface area contributed by atoms with Crippen molar-refractivity contribution in [2.45, 2.75) is 12.5 Å². The topological polar surface area (TPSA) is 66.8 Å². The maximum Gasteiger partial charge on any atom is 0.410 e. The molecule has 5 heteroatoms. The first-order chi connectivity index (χ1) is 7.16. The molecule has 1 amide bonds. The number of likely N-dealkylation sites (tertiary alicyclic amines) is 1. The van der Waals surface area contributed by atoms with Gasteiger partial charge in [-0.2, -0.15) is 0 Å². The number of hydrogen-bond donors (Lipinski definition) is 1. The third-order valence-corrected chi connectivity index (χ3v) is 3.03. The number of carboxylic acids is 1. The monoisotopic (exact) mass is 211 g/mol. The molecule has 5 nitrogen and oxygen atoms in total. The summed E-state index contributed by atoms with van der Waals surface area (Å²) in [7, 11) is 0. The van der Waals surface area contributed by atoms with E-state index in [0.29, 0.717) is 6.54 Å². The number of piperidine rings is 1. The summed E-state index contributed by atoms with van der Waals surface area (Å²) < 4.78 is 4.88. The Labute approximate surface area is 87.3 Å². The van der Waals surface area contributed by atoms with Crippen LogP contribution in [0.5, 0.6) is 0 Å². The van der Waals surface area contributed by atoms with Crippen LogP contribution in [0.15, 0.2) is 12.7 Å². The minimum atomic E-state index is -0.814. The first-order valence-electron chi connectivity index (χ1n) is 4.94. The molecule has 0 aromatic carbocycles. The van der Waals surface area contributed by atoms with E-state index in [0.717, 1.165) is 6.42 Å². The Morgan fingerprint density at radius 1 is 1.60 bits per heavy atom. The number of carboxylic acid groups (broad SMARTS) is 1. The van der Waals surface area contributed by atoms with E-state index in [9.17, 15) is 9.59 Å². The number of ether oxygens (including phenoxy) is 1. The number of amides is 1. The quantitative estimate of drug-likeness (QED) is 0.698. The van der Waals surface area contributed by atoms with Gasteiger partial charge in [-0.15, -0.1) is 0 Å². The highest BCUT2D eigenvalue weighted by Gasteiger charge is 2.63. The summed E-state index contributed by atoms with van der Waals surface area (Å²) >= 11 is 0. The summed E-state index contributed by atoms with van der Waals surface area (Å²) in [5.74, 6) is -1.06. The van der Waals surface area contributed by atoms with E-state index < -0.39 is 12.1 Å². The third kappa shape index (κ3) is 1.58. The average Bonchev–Trinajstić information content (AvgIpc) is 2.77. The maximum atomic E-state index is 11.5. The summed E-state index contributed by atoms with van der Waals surface area (Å²) in [4.78, 5) is 23.8. The molecule has 0 aromatic rings. The third-order valence-electron chi connectivity index (χ3n) is 3.03. The normalized spacial score (nSPS) is 32.0. The molecular formula is C10H13NO4. The highest BCUT2D eigenvalue weighted by molar-refractivity contribution is 5.79. The molecule has 1 heterocycles. The van der Waals surface area contributed by atoms with E-state index in [-0.39, 0.29) is 24.5 Å². The van der Waals surface area contributed by atoms with Gasteiger partial charge >= 0.3 is 12.1 Å². The smallest absolute Gasteiger partial charge is 0.410 e. The molecule has 0 aromatic heterocycles. The van der Waals surface area contributed by atoms with Crippen molar-refractivity contribution in [2.75, 3.05) is 13.2 Å². The lowest BCUT2D eigenvalue weighted by molar-refractivity contribution is -0.139. The molecule has 2 aliphatic rings. The van der Waals surface area contributed by atoms with Crippen molar-refractivity contribution in [1.29, 1.82) is 0 Å². The van der Waals surface area contributed by atoms with Gasteiger partial charge in [0.25, 0.3) is 0 Å². The molecule has 0 bridgehead atoms. The summed E-state index contributed by atoms with van der Waals surface area (Å²) in [5, 5.41) is 8.84. The van der Waals surface area contributed by atoms with Crippen LogP contribution in [-0.2, 0) is 9.53 Å². The maximum absolute atomic E-state index is 11.5. The number of fused-ring (bicyclic) bond motifs is 1. The molecule has 1 aliphatic heterocycles. The van der Waals surface area contributed by atoms with Crippen molar-refractivity contribution in [3.63, 3.8) is 0 Å². The summed E-state index contributed by atoms with van der Waals surface area (Å²) in [6.45, 7) is 4.22. The van der Waals surface area contributed by atoms with Crippen molar-refractivity contribution < 1.29 is 19.4 Å². The highest BCUT2D eigenvalue weighted by Crippen LogP contribution is 2.50. The van der Waals surface area contributed by atoms with Crippen LogP contribution in [0.2, 0.25) is 0 Å². The van der Waals surface area contributed by atoms with Crippen molar-refractivity contribution in [2.24, 2.45) is 11.8 Å². The van der Waals surface area contributed by atoms with Gasteiger partial charge < -0.3 is 14.7 Å². The zero-order chi connectivity index (χ0) is 11.0. The zero-order valence-electron chi connectivity index (χ0n) is 8.26. The second kappa shape index (κ2) is 3.56. The van der Waals surface area contributed by atoms with Gasteiger partial charge in [0.15, 0.2) is 0 Å². The Bertz CT molecular complexity index is 315. The van der Waals surface area contributed by atoms with Gasteiger partial charge in [-0.1, -0.05) is 12.7 Å². The Balaban J connectivity index is 1.92. The number of aliphatic carboxylic acids is 1. The predicted molar refractivity (Wildman–Crippen MR) is 51.3 cm³/mol. The number of rotatable bonds is 3. The predicted octanol–water partition coefficient (Wildman–Crippen LogP) is 0.714. The second-order valence-electron chi connectivity index (χ2n) is 3.87. The fourth-order valence-electron chi connectivity index (χ4n) is 2.32. The largest absolute Gasteiger partial charge is 0.481 e. The summed E-state index contributed by atoms with van der Waals surface area (Å²) in [6, 6.07) is -0.139. The van der Waals surface area contributed by atoms with Crippen molar-refractivity contribution in [3.05, 3.63) is 12.7 Å². The number of carbonyl (C=O) groups excluding carboxylic acids is 1. The average molecular weight is 211 g/mol. The lowest BCUT2D eigenvalue weighted by Crippen LogP contribution is -2.34. The molecular weight excluding hydrogens is 198 g/mol. The molecule has 3 atom stereocenters. The van der Waals surface area contributed by atoms with Gasteiger partial charge in [-0.25, -0.2) is 4.79 Å². The Kier molecular flexibility index (Phi) is 2.38. The van der Waals surface area contributed by atoms with Crippen LogP contribution in [-0.4, -0.2) is 41.3 Å². The first-order valence-corrected chi connectivity index (χ1v) is 4.94. The first kappa shape index (κ1) is 10.0. The minimum absolute atomic E-state index is 0.138. The summed E-state index contributed by atoms with van der Waals surface area (Å²) in [6.07, 6.45) is 1.84. The molecule has 82 valence electrons. The molecule has 15 heavy (non-hydrogen) atoms. The zero-order valence-corrected chi connectivity index (χ0v) is 8.26. The van der Waals surface area contributed by atoms with Gasteiger partial charge in [-0.05, 0) is 12.3 Å². The van der Waals surface area contributed by atoms with Gasteiger partial charge in [-0.3, -0.25) is 4.79 Å². The Morgan fingerprint density at radius 3 is 2.87 bits per heavy atom. The molecule has 1 aliphatic carbocycles. The van der Waals surface area contributed by atoms with E-state index in [1.165, 1.54) is 11.0 Å². The Morgan fingerprint density at radius 2 is 2.33 bits per heavy atom. The van der Waals surface area contributed by atoms with Crippen molar-refractivity contribution in [3.8, 4) is 0 Å². The molecule has 1 saturated carbocycles. The van der Waals surface area contributed by atoms with Crippen molar-refractivity contribution in [1.82, 2.24) is 4.90 Å². The Hall–Kier alpha value is -1.52. The van der Waals surface area contributed by atoms with Gasteiger partial charge in [0.2, 0.25) is 0 Å². The summed E-state index contributed by atoms with van der Waals surface area (Å²) in [5.41, 5.74) is 0. The second-order valence-corrected chi connectivity index (χ2v) is 3.87. The number of nitrogens with zero attached hydrogens (tertiary/aromatic N) is 1. The van der Waals surface area contributed by atoms with E-state index in [1.54, 1.807) is 0 Å². The molecule has 2 rings (SSSR count). The van der Waals surface area contributed by atoms with Crippen LogP contribution < -0.4 is 0 Å². The molecule has 2 fully saturated rings. The minimum Gasteiger partial charge on any atom is -0.481 e. The lowest BCUT2D eigenvalue weighted by atomic mass is 10.2.